The molecule has 10 heteroatoms. The Kier molecular flexibility index (Phi) is 6.77. The topological polar surface area (TPSA) is 108 Å². The summed E-state index contributed by atoms with van der Waals surface area (Å²) in [5.74, 6) is -1.10. The summed E-state index contributed by atoms with van der Waals surface area (Å²) in [7, 11) is 1.29. The number of benzene rings is 2. The smallest absolute Gasteiger partial charge is 0.338 e. The molecule has 0 radical (unpaired) electrons. The van der Waals surface area contributed by atoms with Gasteiger partial charge in [0, 0.05) is 6.54 Å². The fourth-order valence-electron chi connectivity index (χ4n) is 3.58. The van der Waals surface area contributed by atoms with Crippen LogP contribution in [0, 0.1) is 5.82 Å². The van der Waals surface area contributed by atoms with E-state index in [0.717, 1.165) is 5.56 Å². The lowest BCUT2D eigenvalue weighted by molar-refractivity contribution is -0.120. The normalized spacial score (nSPS) is 10.9. The van der Waals surface area contributed by atoms with Gasteiger partial charge < -0.3 is 10.1 Å². The van der Waals surface area contributed by atoms with Crippen LogP contribution in [0.5, 0.6) is 0 Å². The summed E-state index contributed by atoms with van der Waals surface area (Å²) in [5.41, 5.74) is 1.84. The molecular formula is C24H22FN5O4. The number of amides is 1. The average Bonchev–Trinajstić information content (AvgIpc) is 3.26. The number of hydrogen-bond donors (Lipinski definition) is 1. The first kappa shape index (κ1) is 22.8. The lowest BCUT2D eigenvalue weighted by Crippen LogP contribution is -2.29. The molecule has 0 aliphatic heterocycles. The highest BCUT2D eigenvalue weighted by Crippen LogP contribution is 2.11. The number of esters is 1. The fraction of sp³-hybridized carbons (Fsp3) is 0.208. The number of ether oxygens (including phenoxy) is 1. The first-order chi connectivity index (χ1) is 16.5. The molecule has 0 bridgehead atoms. The van der Waals surface area contributed by atoms with Crippen LogP contribution >= 0.6 is 0 Å². The number of nitrogens with zero attached hydrogens (tertiary/aromatic N) is 4. The third-order valence-electron chi connectivity index (χ3n) is 5.31. The van der Waals surface area contributed by atoms with Crippen LogP contribution in [-0.4, -0.2) is 44.9 Å². The van der Waals surface area contributed by atoms with Crippen LogP contribution < -0.4 is 10.9 Å². The number of methoxy groups -OCH3 is 1. The maximum atomic E-state index is 13.1. The minimum absolute atomic E-state index is 0.0253. The summed E-state index contributed by atoms with van der Waals surface area (Å²) in [5, 5.41) is 7.36. The first-order valence-corrected chi connectivity index (χ1v) is 10.5. The van der Waals surface area contributed by atoms with Gasteiger partial charge >= 0.3 is 5.97 Å². The molecule has 0 saturated carbocycles. The van der Waals surface area contributed by atoms with Crippen molar-refractivity contribution in [3.8, 4) is 0 Å². The SMILES string of the molecule is COC(=O)c1ccccc1CC(=O)NCCn1ncc2c(=O)n(Cc3ccc(F)cc3)cnc21. The predicted molar refractivity (Wildman–Crippen MR) is 122 cm³/mol. The summed E-state index contributed by atoms with van der Waals surface area (Å²) in [6.07, 6.45) is 2.90. The van der Waals surface area contributed by atoms with Gasteiger partial charge in [-0.25, -0.2) is 18.9 Å². The zero-order valence-electron chi connectivity index (χ0n) is 18.4. The van der Waals surface area contributed by atoms with Gasteiger partial charge in [-0.05, 0) is 29.3 Å². The number of halogens is 1. The van der Waals surface area contributed by atoms with Crippen molar-refractivity contribution in [2.24, 2.45) is 0 Å². The Balaban J connectivity index is 1.39. The van der Waals surface area contributed by atoms with Gasteiger partial charge in [0.25, 0.3) is 5.56 Å². The molecule has 0 aliphatic carbocycles. The van der Waals surface area contributed by atoms with E-state index in [2.05, 4.69) is 15.4 Å². The molecule has 9 nitrogen and oxygen atoms in total. The minimum atomic E-state index is -0.498. The predicted octanol–water partition coefficient (Wildman–Crippen LogP) is 1.93. The molecular weight excluding hydrogens is 441 g/mol. The number of carbonyl (C=O) groups is 2. The van der Waals surface area contributed by atoms with E-state index < -0.39 is 5.97 Å². The molecule has 2 aromatic heterocycles. The van der Waals surface area contributed by atoms with E-state index >= 15 is 0 Å². The lowest BCUT2D eigenvalue weighted by atomic mass is 10.0. The van der Waals surface area contributed by atoms with Crippen molar-refractivity contribution >= 4 is 22.9 Å². The van der Waals surface area contributed by atoms with Crippen molar-refractivity contribution in [2.75, 3.05) is 13.7 Å². The largest absolute Gasteiger partial charge is 0.465 e. The standard InChI is InChI=1S/C24H22FN5O4/c1-34-24(33)19-5-3-2-4-17(19)12-21(31)26-10-11-30-22-20(13-28-30)23(32)29(15-27-22)14-16-6-8-18(25)9-7-16/h2-9,13,15H,10-12,14H2,1H3,(H,26,31). The van der Waals surface area contributed by atoms with Gasteiger partial charge in [0.15, 0.2) is 5.65 Å². The second-order valence-electron chi connectivity index (χ2n) is 7.58. The molecule has 1 N–H and O–H groups in total. The molecule has 34 heavy (non-hydrogen) atoms. The van der Waals surface area contributed by atoms with E-state index in [1.54, 1.807) is 41.1 Å². The van der Waals surface area contributed by atoms with E-state index in [1.807, 2.05) is 0 Å². The van der Waals surface area contributed by atoms with Gasteiger partial charge in [-0.3, -0.25) is 14.2 Å². The van der Waals surface area contributed by atoms with E-state index in [0.29, 0.717) is 28.7 Å². The Morgan fingerprint density at radius 3 is 2.65 bits per heavy atom. The highest BCUT2D eigenvalue weighted by atomic mass is 19.1. The summed E-state index contributed by atoms with van der Waals surface area (Å²) < 4.78 is 20.8. The first-order valence-electron chi connectivity index (χ1n) is 10.5. The molecule has 2 heterocycles. The number of hydrogen-bond acceptors (Lipinski definition) is 6. The summed E-state index contributed by atoms with van der Waals surface area (Å²) in [4.78, 5) is 41.4. The molecule has 0 fully saturated rings. The Morgan fingerprint density at radius 2 is 1.88 bits per heavy atom. The van der Waals surface area contributed by atoms with Gasteiger partial charge in [0.05, 0.1) is 38.4 Å². The van der Waals surface area contributed by atoms with Crippen LogP contribution in [0.1, 0.15) is 21.5 Å². The monoisotopic (exact) mass is 463 g/mol. The van der Waals surface area contributed by atoms with Gasteiger partial charge in [-0.15, -0.1) is 0 Å². The number of nitrogens with one attached hydrogen (secondary N) is 1. The number of carbonyl (C=O) groups excluding carboxylic acids is 2. The van der Waals surface area contributed by atoms with Crippen LogP contribution in [-0.2, 0) is 29.0 Å². The van der Waals surface area contributed by atoms with Gasteiger partial charge in [0.2, 0.25) is 5.91 Å². The highest BCUT2D eigenvalue weighted by molar-refractivity contribution is 5.93. The zero-order valence-corrected chi connectivity index (χ0v) is 18.4. The summed E-state index contributed by atoms with van der Waals surface area (Å²) >= 11 is 0. The van der Waals surface area contributed by atoms with Gasteiger partial charge in [-0.2, -0.15) is 5.10 Å². The van der Waals surface area contributed by atoms with Crippen molar-refractivity contribution in [3.05, 3.63) is 93.9 Å². The average molecular weight is 463 g/mol. The molecule has 1 amide bonds. The van der Waals surface area contributed by atoms with E-state index in [9.17, 15) is 18.8 Å². The molecule has 0 spiro atoms. The van der Waals surface area contributed by atoms with Crippen molar-refractivity contribution in [1.82, 2.24) is 24.6 Å². The van der Waals surface area contributed by atoms with Crippen molar-refractivity contribution < 1.29 is 18.7 Å². The Labute approximate surface area is 193 Å². The van der Waals surface area contributed by atoms with Crippen LogP contribution in [0.2, 0.25) is 0 Å². The molecule has 0 saturated heterocycles. The Morgan fingerprint density at radius 1 is 1.12 bits per heavy atom. The number of rotatable bonds is 8. The van der Waals surface area contributed by atoms with Gasteiger partial charge in [0.1, 0.15) is 17.5 Å². The van der Waals surface area contributed by atoms with Crippen LogP contribution in [0.3, 0.4) is 0 Å². The third-order valence-corrected chi connectivity index (χ3v) is 5.31. The van der Waals surface area contributed by atoms with Crippen molar-refractivity contribution in [3.63, 3.8) is 0 Å². The number of fused-ring (bicyclic) bond motifs is 1. The summed E-state index contributed by atoms with van der Waals surface area (Å²) in [6, 6.07) is 12.7. The third kappa shape index (κ3) is 5.01. The lowest BCUT2D eigenvalue weighted by Gasteiger charge is -2.09. The molecule has 174 valence electrons. The molecule has 0 unspecified atom stereocenters. The maximum absolute atomic E-state index is 13.1. The summed E-state index contributed by atoms with van der Waals surface area (Å²) in [6.45, 7) is 0.828. The zero-order chi connectivity index (χ0) is 24.1. The highest BCUT2D eigenvalue weighted by Gasteiger charge is 2.14. The molecule has 0 atom stereocenters. The molecule has 2 aromatic carbocycles. The van der Waals surface area contributed by atoms with Crippen LogP contribution in [0.4, 0.5) is 4.39 Å². The van der Waals surface area contributed by atoms with Crippen molar-refractivity contribution in [1.29, 1.82) is 0 Å². The molecule has 0 aliphatic rings. The number of aromatic nitrogens is 4. The second-order valence-corrected chi connectivity index (χ2v) is 7.58. The van der Waals surface area contributed by atoms with E-state index in [-0.39, 0.29) is 36.8 Å². The van der Waals surface area contributed by atoms with Gasteiger partial charge in [-0.1, -0.05) is 30.3 Å². The van der Waals surface area contributed by atoms with Crippen molar-refractivity contribution in [2.45, 2.75) is 19.5 Å². The Hall–Kier alpha value is -4.34. The van der Waals surface area contributed by atoms with E-state index in [4.69, 9.17) is 4.74 Å². The maximum Gasteiger partial charge on any atom is 0.338 e. The quantitative estimate of drug-likeness (QED) is 0.400. The Bertz CT molecular complexity index is 1390. The van der Waals surface area contributed by atoms with E-state index in [1.165, 1.54) is 36.3 Å². The minimum Gasteiger partial charge on any atom is -0.465 e. The molecule has 4 aromatic rings. The van der Waals surface area contributed by atoms with Crippen LogP contribution in [0.15, 0.2) is 65.8 Å². The molecule has 4 rings (SSSR count). The van der Waals surface area contributed by atoms with Crippen LogP contribution in [0.25, 0.3) is 11.0 Å². The second kappa shape index (κ2) is 10.1. The fourth-order valence-corrected chi connectivity index (χ4v) is 3.58.